The molecule has 0 bridgehead atoms. The summed E-state index contributed by atoms with van der Waals surface area (Å²) in [5.74, 6) is -0.485. The molecule has 0 aliphatic rings. The molecule has 5 nitrogen and oxygen atoms in total. The highest BCUT2D eigenvalue weighted by Crippen LogP contribution is 2.03. The Kier molecular flexibility index (Phi) is 5.86. The van der Waals surface area contributed by atoms with E-state index >= 15 is 0 Å². The van der Waals surface area contributed by atoms with Gasteiger partial charge in [-0.25, -0.2) is 0 Å². The van der Waals surface area contributed by atoms with E-state index in [1.54, 1.807) is 6.07 Å². The zero-order valence-electron chi connectivity index (χ0n) is 13.4. The summed E-state index contributed by atoms with van der Waals surface area (Å²) in [6, 6.07) is 13.1. The second-order valence-electron chi connectivity index (χ2n) is 5.55. The Hall–Kier alpha value is -2.69. The van der Waals surface area contributed by atoms with E-state index in [4.69, 9.17) is 0 Å². The molecule has 0 fully saturated rings. The normalized spacial score (nSPS) is 10.4. The van der Waals surface area contributed by atoms with Crippen LogP contribution in [0.25, 0.3) is 0 Å². The molecule has 0 aliphatic heterocycles. The van der Waals surface area contributed by atoms with Gasteiger partial charge in [0.05, 0.1) is 0 Å². The van der Waals surface area contributed by atoms with Crippen LogP contribution in [0.3, 0.4) is 0 Å². The molecule has 2 rings (SSSR count). The minimum absolute atomic E-state index is 0.0406. The van der Waals surface area contributed by atoms with E-state index in [1.807, 2.05) is 44.2 Å². The molecule has 0 unspecified atom stereocenters. The summed E-state index contributed by atoms with van der Waals surface area (Å²) in [6.07, 6.45) is 2.22. The fourth-order valence-electron chi connectivity index (χ4n) is 2.10. The molecule has 1 heterocycles. The lowest BCUT2D eigenvalue weighted by atomic mass is 10.1. The van der Waals surface area contributed by atoms with Crippen molar-refractivity contribution in [2.24, 2.45) is 0 Å². The van der Waals surface area contributed by atoms with Crippen LogP contribution >= 0.6 is 0 Å². The highest BCUT2D eigenvalue weighted by Gasteiger charge is 2.12. The number of pyridine rings is 1. The lowest BCUT2D eigenvalue weighted by Gasteiger charge is -2.09. The van der Waals surface area contributed by atoms with Crippen molar-refractivity contribution >= 4 is 11.8 Å². The first-order valence-corrected chi connectivity index (χ1v) is 7.65. The Morgan fingerprint density at radius 3 is 2.52 bits per heavy atom. The predicted octanol–water partition coefficient (Wildman–Crippen LogP) is 2.19. The summed E-state index contributed by atoms with van der Waals surface area (Å²) >= 11 is 0. The van der Waals surface area contributed by atoms with Gasteiger partial charge >= 0.3 is 0 Å². The van der Waals surface area contributed by atoms with Crippen molar-refractivity contribution in [2.75, 3.05) is 6.54 Å². The molecule has 0 saturated carbocycles. The van der Waals surface area contributed by atoms with Gasteiger partial charge in [0.15, 0.2) is 0 Å². The molecule has 0 saturated heterocycles. The Bertz CT molecular complexity index is 669. The molecule has 120 valence electrons. The Balaban J connectivity index is 1.93. The van der Waals surface area contributed by atoms with Crippen molar-refractivity contribution in [2.45, 2.75) is 26.3 Å². The van der Waals surface area contributed by atoms with Crippen LogP contribution in [0.1, 0.15) is 40.3 Å². The number of hydrogen-bond acceptors (Lipinski definition) is 3. The summed E-state index contributed by atoms with van der Waals surface area (Å²) in [5, 5.41) is 5.61. The number of hydrogen-bond donors (Lipinski definition) is 2. The van der Waals surface area contributed by atoms with Crippen LogP contribution in [0.2, 0.25) is 0 Å². The SMILES string of the molecule is CC(C)NC(=O)c1ccnc(C(=O)NCCc2ccccc2)c1. The Morgan fingerprint density at radius 1 is 1.09 bits per heavy atom. The molecule has 0 aliphatic carbocycles. The second-order valence-corrected chi connectivity index (χ2v) is 5.55. The fraction of sp³-hybridized carbons (Fsp3) is 0.278. The molecule has 1 aromatic carbocycles. The third-order valence-corrected chi connectivity index (χ3v) is 3.22. The summed E-state index contributed by atoms with van der Waals surface area (Å²) in [6.45, 7) is 4.29. The molecule has 0 atom stereocenters. The number of nitrogens with one attached hydrogen (secondary N) is 2. The number of carbonyl (C=O) groups is 2. The van der Waals surface area contributed by atoms with Crippen molar-refractivity contribution < 1.29 is 9.59 Å². The summed E-state index contributed by atoms with van der Waals surface area (Å²) < 4.78 is 0. The fourth-order valence-corrected chi connectivity index (χ4v) is 2.10. The Labute approximate surface area is 136 Å². The van der Waals surface area contributed by atoms with Crippen molar-refractivity contribution in [1.82, 2.24) is 15.6 Å². The summed E-state index contributed by atoms with van der Waals surface area (Å²) in [7, 11) is 0. The third-order valence-electron chi connectivity index (χ3n) is 3.22. The Morgan fingerprint density at radius 2 is 1.83 bits per heavy atom. The molecule has 2 amide bonds. The number of benzene rings is 1. The van der Waals surface area contributed by atoms with Gasteiger partial charge < -0.3 is 10.6 Å². The van der Waals surface area contributed by atoms with E-state index in [2.05, 4.69) is 15.6 Å². The minimum atomic E-state index is -0.278. The van der Waals surface area contributed by atoms with Crippen LogP contribution in [-0.2, 0) is 6.42 Å². The van der Waals surface area contributed by atoms with Crippen molar-refractivity contribution in [3.05, 3.63) is 65.5 Å². The van der Waals surface area contributed by atoms with Gasteiger partial charge in [0.1, 0.15) is 5.69 Å². The molecule has 1 aromatic heterocycles. The first-order valence-electron chi connectivity index (χ1n) is 7.65. The smallest absolute Gasteiger partial charge is 0.269 e. The van der Waals surface area contributed by atoms with Crippen LogP contribution in [0.5, 0.6) is 0 Å². The maximum atomic E-state index is 12.1. The number of carbonyl (C=O) groups excluding carboxylic acids is 2. The second kappa shape index (κ2) is 8.08. The average molecular weight is 311 g/mol. The van der Waals surface area contributed by atoms with Gasteiger partial charge in [-0.1, -0.05) is 30.3 Å². The molecular formula is C18H21N3O2. The van der Waals surface area contributed by atoms with Gasteiger partial charge in [0.2, 0.25) is 0 Å². The highest BCUT2D eigenvalue weighted by molar-refractivity contribution is 5.98. The van der Waals surface area contributed by atoms with Crippen LogP contribution < -0.4 is 10.6 Å². The van der Waals surface area contributed by atoms with Crippen LogP contribution in [0.15, 0.2) is 48.7 Å². The molecule has 0 spiro atoms. The third kappa shape index (κ3) is 5.21. The topological polar surface area (TPSA) is 71.1 Å². The first kappa shape index (κ1) is 16.7. The van der Waals surface area contributed by atoms with E-state index < -0.39 is 0 Å². The molecule has 2 aromatic rings. The molecule has 0 radical (unpaired) electrons. The molecule has 2 N–H and O–H groups in total. The predicted molar refractivity (Wildman–Crippen MR) is 89.3 cm³/mol. The number of aromatic nitrogens is 1. The monoisotopic (exact) mass is 311 g/mol. The average Bonchev–Trinajstić information content (AvgIpc) is 2.55. The summed E-state index contributed by atoms with van der Waals surface area (Å²) in [4.78, 5) is 28.1. The maximum Gasteiger partial charge on any atom is 0.269 e. The highest BCUT2D eigenvalue weighted by atomic mass is 16.2. The van der Waals surface area contributed by atoms with E-state index in [-0.39, 0.29) is 23.6 Å². The van der Waals surface area contributed by atoms with Crippen LogP contribution in [0, 0.1) is 0 Å². The lowest BCUT2D eigenvalue weighted by molar-refractivity contribution is 0.0943. The number of rotatable bonds is 6. The van der Waals surface area contributed by atoms with Gasteiger partial charge in [0, 0.05) is 24.3 Å². The summed E-state index contributed by atoms with van der Waals surface area (Å²) in [5.41, 5.74) is 1.84. The van der Waals surface area contributed by atoms with E-state index in [0.29, 0.717) is 12.1 Å². The van der Waals surface area contributed by atoms with Crippen molar-refractivity contribution in [3.8, 4) is 0 Å². The molecule has 23 heavy (non-hydrogen) atoms. The molecule has 5 heteroatoms. The number of nitrogens with zero attached hydrogens (tertiary/aromatic N) is 1. The largest absolute Gasteiger partial charge is 0.350 e. The van der Waals surface area contributed by atoms with Gasteiger partial charge in [-0.15, -0.1) is 0 Å². The zero-order valence-corrected chi connectivity index (χ0v) is 13.4. The first-order chi connectivity index (χ1) is 11.1. The molecular weight excluding hydrogens is 290 g/mol. The van der Waals surface area contributed by atoms with Gasteiger partial charge in [-0.2, -0.15) is 0 Å². The van der Waals surface area contributed by atoms with Crippen molar-refractivity contribution in [3.63, 3.8) is 0 Å². The quantitative estimate of drug-likeness (QED) is 0.859. The minimum Gasteiger partial charge on any atom is -0.350 e. The van der Waals surface area contributed by atoms with Crippen LogP contribution in [-0.4, -0.2) is 29.4 Å². The van der Waals surface area contributed by atoms with Gasteiger partial charge in [0.25, 0.3) is 11.8 Å². The van der Waals surface area contributed by atoms with E-state index in [9.17, 15) is 9.59 Å². The van der Waals surface area contributed by atoms with Gasteiger partial charge in [-0.3, -0.25) is 14.6 Å². The lowest BCUT2D eigenvalue weighted by Crippen LogP contribution is -2.31. The maximum absolute atomic E-state index is 12.1. The van der Waals surface area contributed by atoms with Crippen molar-refractivity contribution in [1.29, 1.82) is 0 Å². The number of amides is 2. The van der Waals surface area contributed by atoms with E-state index in [1.165, 1.54) is 12.3 Å². The zero-order chi connectivity index (χ0) is 16.7. The van der Waals surface area contributed by atoms with Crippen LogP contribution in [0.4, 0.5) is 0 Å². The van der Waals surface area contributed by atoms with E-state index in [0.717, 1.165) is 12.0 Å². The standard InChI is InChI=1S/C18H21N3O2/c1-13(2)21-17(22)15-9-11-19-16(12-15)18(23)20-10-8-14-6-4-3-5-7-14/h3-7,9,11-13H,8,10H2,1-2H3,(H,20,23)(H,21,22). The van der Waals surface area contributed by atoms with Gasteiger partial charge in [-0.05, 0) is 38.0 Å².